The van der Waals surface area contributed by atoms with Gasteiger partial charge in [0, 0.05) is 17.1 Å². The summed E-state index contributed by atoms with van der Waals surface area (Å²) in [5.41, 5.74) is 1.09. The Morgan fingerprint density at radius 3 is 2.87 bits per heavy atom. The van der Waals surface area contributed by atoms with Crippen LogP contribution in [0.25, 0.3) is 0 Å². The fraction of sp³-hybridized carbons (Fsp3) is 0.125. The number of hydrogen-bond donors (Lipinski definition) is 2. The Balaban J connectivity index is 2.45. The Labute approximate surface area is 146 Å². The summed E-state index contributed by atoms with van der Waals surface area (Å²) in [6.45, 7) is 0. The summed E-state index contributed by atoms with van der Waals surface area (Å²) < 4.78 is 15.6. The van der Waals surface area contributed by atoms with Crippen LogP contribution in [-0.2, 0) is 4.79 Å². The van der Waals surface area contributed by atoms with Crippen LogP contribution in [0.5, 0.6) is 0 Å². The number of carbonyl (C=O) groups is 1. The second-order valence-corrected chi connectivity index (χ2v) is 5.96. The van der Waals surface area contributed by atoms with Crippen LogP contribution in [0.2, 0.25) is 5.02 Å². The topological polar surface area (TPSA) is 53.5 Å². The molecule has 0 fully saturated rings. The van der Waals surface area contributed by atoms with Gasteiger partial charge in [-0.2, -0.15) is 0 Å². The van der Waals surface area contributed by atoms with E-state index in [1.165, 1.54) is 6.34 Å². The highest BCUT2D eigenvalue weighted by atomic mass is 79.9. The van der Waals surface area contributed by atoms with Crippen molar-refractivity contribution in [2.75, 3.05) is 12.4 Å². The van der Waals surface area contributed by atoms with Crippen LogP contribution in [0.1, 0.15) is 6.42 Å². The fourth-order valence-electron chi connectivity index (χ4n) is 1.97. The maximum Gasteiger partial charge on any atom is 0.170 e. The third kappa shape index (κ3) is 4.30. The molecule has 0 bridgehead atoms. The Bertz CT molecular complexity index is 741. The Morgan fingerprint density at radius 1 is 1.43 bits per heavy atom. The SMILES string of the molecule is CN=CNC1=C(F)C(Nc2ccc(Br)cc2Cl)=C(C=O)CC=C1. The molecule has 0 spiro atoms. The van der Waals surface area contributed by atoms with Gasteiger partial charge in [0.25, 0.3) is 0 Å². The fourth-order valence-corrected chi connectivity index (χ4v) is 2.69. The minimum Gasteiger partial charge on any atom is -0.352 e. The minimum atomic E-state index is -0.584. The number of hydrogen-bond acceptors (Lipinski definition) is 3. The maximum absolute atomic E-state index is 14.8. The van der Waals surface area contributed by atoms with Crippen molar-refractivity contribution in [3.63, 3.8) is 0 Å². The Morgan fingerprint density at radius 2 is 2.22 bits per heavy atom. The zero-order valence-corrected chi connectivity index (χ0v) is 14.6. The summed E-state index contributed by atoms with van der Waals surface area (Å²) in [5, 5.41) is 6.06. The van der Waals surface area contributed by atoms with E-state index in [1.807, 2.05) is 0 Å². The van der Waals surface area contributed by atoms with Crippen LogP contribution in [0.4, 0.5) is 10.1 Å². The highest BCUT2D eigenvalue weighted by Crippen LogP contribution is 2.31. The normalized spacial score (nSPS) is 15.1. The molecular formula is C16H14BrClFN3O. The van der Waals surface area contributed by atoms with Crippen LogP contribution in [0.15, 0.2) is 62.6 Å². The summed E-state index contributed by atoms with van der Waals surface area (Å²) in [7, 11) is 1.57. The van der Waals surface area contributed by atoms with Crippen LogP contribution in [0, 0.1) is 0 Å². The molecule has 120 valence electrons. The number of carbonyl (C=O) groups excluding carboxylic acids is 1. The van der Waals surface area contributed by atoms with E-state index in [9.17, 15) is 9.18 Å². The summed E-state index contributed by atoms with van der Waals surface area (Å²) >= 11 is 9.46. The van der Waals surface area contributed by atoms with Gasteiger partial charge in [-0.1, -0.05) is 33.6 Å². The van der Waals surface area contributed by atoms with Crippen molar-refractivity contribution in [3.8, 4) is 0 Å². The minimum absolute atomic E-state index is 0.0845. The molecule has 0 aliphatic heterocycles. The molecule has 0 aromatic heterocycles. The average Bonchev–Trinajstić information content (AvgIpc) is 2.67. The van der Waals surface area contributed by atoms with E-state index >= 15 is 0 Å². The Hall–Kier alpha value is -1.92. The first-order valence-corrected chi connectivity index (χ1v) is 7.88. The highest BCUT2D eigenvalue weighted by Gasteiger charge is 2.18. The molecule has 0 heterocycles. The monoisotopic (exact) mass is 397 g/mol. The van der Waals surface area contributed by atoms with Gasteiger partial charge in [0.2, 0.25) is 0 Å². The van der Waals surface area contributed by atoms with Gasteiger partial charge in [-0.3, -0.25) is 9.79 Å². The third-order valence-electron chi connectivity index (χ3n) is 3.08. The van der Waals surface area contributed by atoms with Gasteiger partial charge in [0.15, 0.2) is 5.83 Å². The molecule has 2 N–H and O–H groups in total. The van der Waals surface area contributed by atoms with Gasteiger partial charge < -0.3 is 10.6 Å². The van der Waals surface area contributed by atoms with E-state index in [1.54, 1.807) is 37.4 Å². The van der Waals surface area contributed by atoms with Gasteiger partial charge in [-0.25, -0.2) is 4.39 Å². The predicted octanol–water partition coefficient (Wildman–Crippen LogP) is 4.36. The average molecular weight is 399 g/mol. The molecule has 1 aromatic rings. The van der Waals surface area contributed by atoms with Crippen molar-refractivity contribution in [1.29, 1.82) is 0 Å². The lowest BCUT2D eigenvalue weighted by Gasteiger charge is -2.14. The molecule has 0 unspecified atom stereocenters. The molecule has 1 aliphatic rings. The lowest BCUT2D eigenvalue weighted by Crippen LogP contribution is -2.13. The highest BCUT2D eigenvalue weighted by molar-refractivity contribution is 9.10. The number of nitrogens with one attached hydrogen (secondary N) is 2. The van der Waals surface area contributed by atoms with Crippen LogP contribution in [-0.4, -0.2) is 19.7 Å². The zero-order chi connectivity index (χ0) is 16.8. The van der Waals surface area contributed by atoms with Gasteiger partial charge in [-0.15, -0.1) is 0 Å². The quantitative estimate of drug-likeness (QED) is 0.440. The molecule has 0 saturated heterocycles. The second-order valence-electron chi connectivity index (χ2n) is 4.63. The number of aliphatic imine (C=N–C) groups is 1. The molecule has 0 atom stereocenters. The molecule has 4 nitrogen and oxygen atoms in total. The van der Waals surface area contributed by atoms with E-state index in [0.29, 0.717) is 29.0 Å². The number of rotatable bonds is 5. The summed E-state index contributed by atoms with van der Waals surface area (Å²) in [6.07, 6.45) is 5.58. The number of halogens is 3. The zero-order valence-electron chi connectivity index (χ0n) is 12.2. The van der Waals surface area contributed by atoms with Gasteiger partial charge >= 0.3 is 0 Å². The van der Waals surface area contributed by atoms with E-state index < -0.39 is 5.83 Å². The van der Waals surface area contributed by atoms with Gasteiger partial charge in [-0.05, 0) is 30.7 Å². The van der Waals surface area contributed by atoms with Crippen LogP contribution in [0.3, 0.4) is 0 Å². The molecule has 1 aliphatic carbocycles. The van der Waals surface area contributed by atoms with E-state index in [-0.39, 0.29) is 11.4 Å². The molecule has 1 aromatic carbocycles. The number of nitrogens with zero attached hydrogens (tertiary/aromatic N) is 1. The van der Waals surface area contributed by atoms with Crippen molar-refractivity contribution in [2.45, 2.75) is 6.42 Å². The van der Waals surface area contributed by atoms with Crippen LogP contribution < -0.4 is 10.6 Å². The molecule has 2 rings (SSSR count). The largest absolute Gasteiger partial charge is 0.352 e. The molecule has 0 radical (unpaired) electrons. The molecule has 7 heteroatoms. The van der Waals surface area contributed by atoms with E-state index in [0.717, 1.165) is 4.47 Å². The van der Waals surface area contributed by atoms with Gasteiger partial charge in [0.1, 0.15) is 6.29 Å². The lowest BCUT2D eigenvalue weighted by molar-refractivity contribution is -0.105. The standard InChI is InChI=1S/C16H14BrClFN3O/c1-20-9-21-14-4-2-3-10(8-23)16(15(14)19)22-13-6-5-11(17)7-12(13)18/h2,4-9,22H,3H2,1H3,(H,20,21). The van der Waals surface area contributed by atoms with Crippen molar-refractivity contribution in [3.05, 3.63) is 62.6 Å². The molecule has 23 heavy (non-hydrogen) atoms. The molecule has 0 saturated carbocycles. The van der Waals surface area contributed by atoms with Gasteiger partial charge in [0.05, 0.1) is 28.4 Å². The van der Waals surface area contributed by atoms with E-state index in [4.69, 9.17) is 11.6 Å². The van der Waals surface area contributed by atoms with Crippen molar-refractivity contribution >= 4 is 45.8 Å². The molecular weight excluding hydrogens is 385 g/mol. The predicted molar refractivity (Wildman–Crippen MR) is 95.3 cm³/mol. The number of aldehydes is 1. The number of anilines is 1. The third-order valence-corrected chi connectivity index (χ3v) is 3.89. The summed E-state index contributed by atoms with van der Waals surface area (Å²) in [4.78, 5) is 15.1. The van der Waals surface area contributed by atoms with Crippen molar-refractivity contribution < 1.29 is 9.18 Å². The van der Waals surface area contributed by atoms with Crippen molar-refractivity contribution in [1.82, 2.24) is 5.32 Å². The first kappa shape index (κ1) is 17.4. The first-order valence-electron chi connectivity index (χ1n) is 6.71. The Kier molecular flexibility index (Phi) is 6.12. The summed E-state index contributed by atoms with van der Waals surface area (Å²) in [5.74, 6) is -0.584. The second kappa shape index (κ2) is 8.08. The smallest absolute Gasteiger partial charge is 0.170 e. The summed E-state index contributed by atoms with van der Waals surface area (Å²) in [6, 6.07) is 5.16. The first-order chi connectivity index (χ1) is 11.1. The number of benzene rings is 1. The molecule has 0 amide bonds. The maximum atomic E-state index is 14.8. The number of allylic oxidation sites excluding steroid dienone is 4. The van der Waals surface area contributed by atoms with E-state index in [2.05, 4.69) is 31.6 Å². The van der Waals surface area contributed by atoms with Crippen molar-refractivity contribution in [2.24, 2.45) is 4.99 Å². The lowest BCUT2D eigenvalue weighted by atomic mass is 10.1. The van der Waals surface area contributed by atoms with Crippen LogP contribution >= 0.6 is 27.5 Å².